The van der Waals surface area contributed by atoms with E-state index in [0.717, 1.165) is 3.57 Å². The topological polar surface area (TPSA) is 38.0 Å². The lowest BCUT2D eigenvalue weighted by Gasteiger charge is -2.17. The lowest BCUT2D eigenvalue weighted by molar-refractivity contribution is -0.117. The van der Waals surface area contributed by atoms with Gasteiger partial charge in [-0.3, -0.25) is 0 Å². The van der Waals surface area contributed by atoms with Crippen LogP contribution in [-0.4, -0.2) is 18.9 Å². The van der Waals surface area contributed by atoms with Gasteiger partial charge in [0.25, 0.3) is 0 Å². The molecule has 0 spiro atoms. The van der Waals surface area contributed by atoms with Crippen LogP contribution in [0.25, 0.3) is 0 Å². The summed E-state index contributed by atoms with van der Waals surface area (Å²) >= 11 is 2.00. The highest BCUT2D eigenvalue weighted by Gasteiger charge is 2.40. The normalized spacial score (nSPS) is 11.9. The van der Waals surface area contributed by atoms with Crippen molar-refractivity contribution in [2.24, 2.45) is 0 Å². The van der Waals surface area contributed by atoms with Gasteiger partial charge in [-0.25, -0.2) is 8.78 Å². The van der Waals surface area contributed by atoms with Crippen molar-refractivity contribution >= 4 is 34.0 Å². The first kappa shape index (κ1) is 13.3. The second-order valence-corrected chi connectivity index (χ2v) is 4.39. The van der Waals surface area contributed by atoms with Crippen LogP contribution >= 0.6 is 22.6 Å². The largest absolute Gasteiger partial charge is 0.397 e. The predicted octanol–water partition coefficient (Wildman–Crippen LogP) is 3.19. The number of halogens is 5. The van der Waals surface area contributed by atoms with Crippen molar-refractivity contribution in [3.8, 4) is 0 Å². The molecule has 7 heteroatoms. The van der Waals surface area contributed by atoms with E-state index in [4.69, 9.17) is 5.73 Å². The van der Waals surface area contributed by atoms with Crippen LogP contribution in [0.2, 0.25) is 0 Å². The van der Waals surface area contributed by atoms with Gasteiger partial charge in [0.2, 0.25) is 0 Å². The van der Waals surface area contributed by atoms with Gasteiger partial charge < -0.3 is 11.1 Å². The number of nitrogen functional groups attached to an aromatic ring is 1. The number of hydrogen-bond donors (Lipinski definition) is 2. The third-order valence-electron chi connectivity index (χ3n) is 1.85. The van der Waals surface area contributed by atoms with Crippen LogP contribution in [0.3, 0.4) is 0 Å². The van der Waals surface area contributed by atoms with Gasteiger partial charge in [-0.1, -0.05) is 0 Å². The zero-order valence-electron chi connectivity index (χ0n) is 7.98. The molecule has 0 aliphatic heterocycles. The van der Waals surface area contributed by atoms with E-state index in [9.17, 15) is 17.6 Å². The number of nitrogens with one attached hydrogen (secondary N) is 1. The molecule has 1 aromatic carbocycles. The number of benzene rings is 1. The third kappa shape index (κ3) is 3.39. The summed E-state index contributed by atoms with van der Waals surface area (Å²) < 4.78 is 49.7. The first-order valence-electron chi connectivity index (χ1n) is 4.28. The van der Waals surface area contributed by atoms with Crippen LogP contribution in [0.5, 0.6) is 0 Å². The van der Waals surface area contributed by atoms with Crippen molar-refractivity contribution in [3.63, 3.8) is 0 Å². The summed E-state index contributed by atoms with van der Waals surface area (Å²) in [5, 5.41) is 2.20. The number of rotatable bonds is 4. The summed E-state index contributed by atoms with van der Waals surface area (Å²) in [5.41, 5.74) is 6.00. The number of alkyl halides is 4. The van der Waals surface area contributed by atoms with Crippen LogP contribution in [0.4, 0.5) is 28.9 Å². The van der Waals surface area contributed by atoms with Crippen LogP contribution in [0.1, 0.15) is 0 Å². The molecular formula is C9H9F4IN2. The minimum Gasteiger partial charge on any atom is -0.397 e. The van der Waals surface area contributed by atoms with Crippen molar-refractivity contribution in [1.29, 1.82) is 0 Å². The van der Waals surface area contributed by atoms with E-state index in [2.05, 4.69) is 5.32 Å². The smallest absolute Gasteiger partial charge is 0.324 e. The summed E-state index contributed by atoms with van der Waals surface area (Å²) in [5.74, 6) is -4.06. The fourth-order valence-electron chi connectivity index (χ4n) is 0.985. The first-order valence-corrected chi connectivity index (χ1v) is 5.35. The molecule has 0 saturated heterocycles. The summed E-state index contributed by atoms with van der Waals surface area (Å²) in [4.78, 5) is 0. The monoisotopic (exact) mass is 348 g/mol. The lowest BCUT2D eigenvalue weighted by atomic mass is 10.2. The van der Waals surface area contributed by atoms with E-state index >= 15 is 0 Å². The Bertz CT molecular complexity index is 371. The molecule has 1 rings (SSSR count). The summed E-state index contributed by atoms with van der Waals surface area (Å²) in [6.45, 7) is -1.14. The minimum atomic E-state index is -4.06. The molecule has 3 N–H and O–H groups in total. The summed E-state index contributed by atoms with van der Waals surface area (Å²) in [6.07, 6.45) is -3.69. The minimum absolute atomic E-state index is 0.223. The van der Waals surface area contributed by atoms with E-state index in [0.29, 0.717) is 0 Å². The van der Waals surface area contributed by atoms with Crippen molar-refractivity contribution < 1.29 is 17.6 Å². The third-order valence-corrected chi connectivity index (χ3v) is 2.52. The van der Waals surface area contributed by atoms with Gasteiger partial charge in [0, 0.05) is 3.57 Å². The number of anilines is 2. The Morgan fingerprint density at radius 1 is 1.38 bits per heavy atom. The zero-order chi connectivity index (χ0) is 12.3. The molecule has 0 heterocycles. The molecule has 0 saturated carbocycles. The van der Waals surface area contributed by atoms with Crippen molar-refractivity contribution in [2.75, 3.05) is 17.6 Å². The average molecular weight is 348 g/mol. The van der Waals surface area contributed by atoms with Crippen LogP contribution in [0, 0.1) is 3.57 Å². The van der Waals surface area contributed by atoms with E-state index < -0.39 is 18.9 Å². The summed E-state index contributed by atoms with van der Waals surface area (Å²) in [6, 6.07) is 4.67. The average Bonchev–Trinajstić information content (AvgIpc) is 2.16. The SMILES string of the molecule is Nc1cc(I)ccc1NCC(F)(F)C(F)F. The molecule has 0 atom stereocenters. The number of hydrogen-bond acceptors (Lipinski definition) is 2. The Morgan fingerprint density at radius 2 is 2.00 bits per heavy atom. The van der Waals surface area contributed by atoms with Gasteiger partial charge in [-0.05, 0) is 40.8 Å². The fourth-order valence-corrected chi connectivity index (χ4v) is 1.50. The van der Waals surface area contributed by atoms with Crippen molar-refractivity contribution in [2.45, 2.75) is 12.3 Å². The van der Waals surface area contributed by atoms with Gasteiger partial charge in [0.05, 0.1) is 17.9 Å². The standard InChI is InChI=1S/C9H9F4IN2/c10-8(11)9(12,13)4-16-7-2-1-5(14)3-6(7)15/h1-3,8,16H,4,15H2. The highest BCUT2D eigenvalue weighted by molar-refractivity contribution is 14.1. The van der Waals surface area contributed by atoms with E-state index in [1.807, 2.05) is 22.6 Å². The highest BCUT2D eigenvalue weighted by atomic mass is 127. The molecule has 0 fully saturated rings. The lowest BCUT2D eigenvalue weighted by Crippen LogP contribution is -2.34. The fraction of sp³-hybridized carbons (Fsp3) is 0.333. The molecular weight excluding hydrogens is 339 g/mol. The van der Waals surface area contributed by atoms with Crippen molar-refractivity contribution in [1.82, 2.24) is 0 Å². The molecule has 0 aliphatic carbocycles. The maximum absolute atomic E-state index is 12.6. The Morgan fingerprint density at radius 3 is 2.50 bits per heavy atom. The molecule has 0 unspecified atom stereocenters. The maximum atomic E-state index is 12.6. The quantitative estimate of drug-likeness (QED) is 0.498. The molecule has 0 amide bonds. The molecule has 0 radical (unpaired) electrons. The van der Waals surface area contributed by atoms with Gasteiger partial charge in [-0.15, -0.1) is 0 Å². The first-order chi connectivity index (χ1) is 7.33. The second-order valence-electron chi connectivity index (χ2n) is 3.15. The zero-order valence-corrected chi connectivity index (χ0v) is 10.1. The van der Waals surface area contributed by atoms with E-state index in [-0.39, 0.29) is 11.4 Å². The highest BCUT2D eigenvalue weighted by Crippen LogP contribution is 2.26. The Labute approximate surface area is 103 Å². The van der Waals surface area contributed by atoms with Gasteiger partial charge >= 0.3 is 12.3 Å². The Hall–Kier alpha value is -0.730. The summed E-state index contributed by atoms with van der Waals surface area (Å²) in [7, 11) is 0. The van der Waals surface area contributed by atoms with Gasteiger partial charge in [0.1, 0.15) is 0 Å². The Kier molecular flexibility index (Phi) is 4.22. The molecule has 0 bridgehead atoms. The van der Waals surface area contributed by atoms with Crippen molar-refractivity contribution in [3.05, 3.63) is 21.8 Å². The molecule has 0 aliphatic rings. The van der Waals surface area contributed by atoms with Gasteiger partial charge in [-0.2, -0.15) is 8.78 Å². The predicted molar refractivity (Wildman–Crippen MR) is 63.0 cm³/mol. The molecule has 90 valence electrons. The molecule has 0 aromatic heterocycles. The van der Waals surface area contributed by atoms with Crippen LogP contribution in [-0.2, 0) is 0 Å². The van der Waals surface area contributed by atoms with Gasteiger partial charge in [0.15, 0.2) is 0 Å². The molecule has 16 heavy (non-hydrogen) atoms. The molecule has 1 aromatic rings. The van der Waals surface area contributed by atoms with E-state index in [1.54, 1.807) is 12.1 Å². The second kappa shape index (κ2) is 5.07. The molecule has 2 nitrogen and oxygen atoms in total. The van der Waals surface area contributed by atoms with Crippen LogP contribution < -0.4 is 11.1 Å². The van der Waals surface area contributed by atoms with E-state index in [1.165, 1.54) is 6.07 Å². The maximum Gasteiger partial charge on any atom is 0.324 e. The van der Waals surface area contributed by atoms with Crippen LogP contribution in [0.15, 0.2) is 18.2 Å². The number of nitrogens with two attached hydrogens (primary N) is 1. The Balaban J connectivity index is 2.68.